The maximum Gasteiger partial charge on any atom is 0.234 e. The van der Waals surface area contributed by atoms with Gasteiger partial charge in [0.1, 0.15) is 0 Å². The number of nitrogens with zero attached hydrogens (tertiary/aromatic N) is 4. The molecule has 0 unspecified atom stereocenters. The first-order chi connectivity index (χ1) is 11.6. The van der Waals surface area contributed by atoms with Crippen LogP contribution in [0.5, 0.6) is 0 Å². The highest BCUT2D eigenvalue weighted by Gasteiger charge is 2.12. The summed E-state index contributed by atoms with van der Waals surface area (Å²) in [5, 5.41) is 20.9. The van der Waals surface area contributed by atoms with E-state index in [0.717, 1.165) is 0 Å². The number of anilines is 1. The molecule has 0 bridgehead atoms. The first-order valence-corrected chi connectivity index (χ1v) is 8.43. The second-order valence-corrected chi connectivity index (χ2v) is 6.50. The summed E-state index contributed by atoms with van der Waals surface area (Å²) < 4.78 is 1.64. The Morgan fingerprint density at radius 3 is 2.96 bits per heavy atom. The third-order valence-electron chi connectivity index (χ3n) is 3.00. The summed E-state index contributed by atoms with van der Waals surface area (Å²) in [7, 11) is 0. The van der Waals surface area contributed by atoms with Crippen molar-refractivity contribution >= 4 is 52.2 Å². The van der Waals surface area contributed by atoms with Crippen LogP contribution in [0, 0.1) is 11.3 Å². The second-order valence-electron chi connectivity index (χ2n) is 4.71. The van der Waals surface area contributed by atoms with E-state index in [-0.39, 0.29) is 11.7 Å². The molecule has 1 N–H and O–H groups in total. The molecule has 0 fully saturated rings. The van der Waals surface area contributed by atoms with Crippen molar-refractivity contribution in [3.8, 4) is 6.07 Å². The second kappa shape index (κ2) is 7.09. The number of nitrogens with one attached hydrogen (secondary N) is 1. The lowest BCUT2D eigenvalue weighted by Crippen LogP contribution is -2.14. The summed E-state index contributed by atoms with van der Waals surface area (Å²) in [6, 6.07) is 10.3. The lowest BCUT2D eigenvalue weighted by atomic mass is 10.2. The molecule has 0 saturated heterocycles. The number of fused-ring (bicyclic) bond motifs is 1. The van der Waals surface area contributed by atoms with E-state index in [1.165, 1.54) is 11.8 Å². The van der Waals surface area contributed by atoms with Crippen molar-refractivity contribution < 1.29 is 4.79 Å². The molecule has 3 aromatic rings. The monoisotopic (exact) mass is 377 g/mol. The molecule has 0 radical (unpaired) electrons. The number of rotatable bonds is 4. The summed E-state index contributed by atoms with van der Waals surface area (Å²) in [5.41, 5.74) is 1.52. The number of halogens is 2. The minimum atomic E-state index is -0.222. The molecular weight excluding hydrogens is 369 g/mol. The number of pyridine rings is 1. The van der Waals surface area contributed by atoms with Crippen LogP contribution in [0.15, 0.2) is 41.7 Å². The van der Waals surface area contributed by atoms with E-state index in [0.29, 0.717) is 32.1 Å². The Hall–Kier alpha value is -2.27. The van der Waals surface area contributed by atoms with Gasteiger partial charge in [-0.05, 0) is 24.3 Å². The van der Waals surface area contributed by atoms with Gasteiger partial charge in [0.15, 0.2) is 10.8 Å². The Labute approximate surface area is 151 Å². The summed E-state index contributed by atoms with van der Waals surface area (Å²) in [4.78, 5) is 12.1. The minimum absolute atomic E-state index is 0.127. The van der Waals surface area contributed by atoms with Crippen LogP contribution in [0.3, 0.4) is 0 Å². The zero-order chi connectivity index (χ0) is 17.1. The Kier molecular flexibility index (Phi) is 4.90. The summed E-state index contributed by atoms with van der Waals surface area (Å²) in [6.45, 7) is 0. The summed E-state index contributed by atoms with van der Waals surface area (Å²) >= 11 is 13.2. The van der Waals surface area contributed by atoms with Crippen LogP contribution in [0.2, 0.25) is 10.0 Å². The maximum atomic E-state index is 12.1. The number of hydrogen-bond acceptors (Lipinski definition) is 5. The van der Waals surface area contributed by atoms with Gasteiger partial charge in [0, 0.05) is 11.9 Å². The smallest absolute Gasteiger partial charge is 0.234 e. The molecule has 1 amide bonds. The van der Waals surface area contributed by atoms with Crippen molar-refractivity contribution in [3.05, 3.63) is 52.1 Å². The van der Waals surface area contributed by atoms with Crippen LogP contribution >= 0.6 is 35.0 Å². The molecule has 24 heavy (non-hydrogen) atoms. The van der Waals surface area contributed by atoms with Gasteiger partial charge in [0.2, 0.25) is 5.91 Å². The average Bonchev–Trinajstić information content (AvgIpc) is 2.96. The van der Waals surface area contributed by atoms with Crippen LogP contribution in [-0.4, -0.2) is 26.3 Å². The first-order valence-electron chi connectivity index (χ1n) is 6.69. The molecule has 0 aliphatic heterocycles. The van der Waals surface area contributed by atoms with Gasteiger partial charge < -0.3 is 5.32 Å². The largest absolute Gasteiger partial charge is 0.325 e. The molecule has 9 heteroatoms. The standard InChI is InChI=1S/C15H9Cl2N5OS/c16-10-5-12(17)14-20-21-15(22(14)7-10)24-8-13(23)19-11-3-1-2-9(4-11)6-18/h1-5,7H,8H2,(H,19,23). The Bertz CT molecular complexity index is 966. The quantitative estimate of drug-likeness (QED) is 0.701. The summed E-state index contributed by atoms with van der Waals surface area (Å²) in [6.07, 6.45) is 1.64. The lowest BCUT2D eigenvalue weighted by molar-refractivity contribution is -0.113. The third-order valence-corrected chi connectivity index (χ3v) is 4.43. The lowest BCUT2D eigenvalue weighted by Gasteiger charge is -2.05. The molecule has 0 aliphatic carbocycles. The number of aromatic nitrogens is 3. The molecule has 2 heterocycles. The van der Waals surface area contributed by atoms with Crippen molar-refractivity contribution in [2.45, 2.75) is 5.16 Å². The van der Waals surface area contributed by atoms with E-state index in [1.54, 1.807) is 40.9 Å². The third kappa shape index (κ3) is 3.62. The van der Waals surface area contributed by atoms with Gasteiger partial charge in [-0.3, -0.25) is 9.20 Å². The van der Waals surface area contributed by atoms with Crippen LogP contribution in [0.4, 0.5) is 5.69 Å². The zero-order valence-electron chi connectivity index (χ0n) is 12.0. The fourth-order valence-corrected chi connectivity index (χ4v) is 3.21. The highest BCUT2D eigenvalue weighted by Crippen LogP contribution is 2.25. The van der Waals surface area contributed by atoms with Crippen molar-refractivity contribution in [2.24, 2.45) is 0 Å². The number of carbonyl (C=O) groups is 1. The Morgan fingerprint density at radius 1 is 1.33 bits per heavy atom. The van der Waals surface area contributed by atoms with Crippen molar-refractivity contribution in [2.75, 3.05) is 11.1 Å². The highest BCUT2D eigenvalue weighted by molar-refractivity contribution is 7.99. The predicted molar refractivity (Wildman–Crippen MR) is 93.5 cm³/mol. The van der Waals surface area contributed by atoms with Crippen molar-refractivity contribution in [3.63, 3.8) is 0 Å². The van der Waals surface area contributed by atoms with Crippen molar-refractivity contribution in [1.82, 2.24) is 14.6 Å². The molecule has 3 rings (SSSR count). The van der Waals surface area contributed by atoms with Gasteiger partial charge in [-0.2, -0.15) is 5.26 Å². The van der Waals surface area contributed by atoms with Gasteiger partial charge in [0.05, 0.1) is 27.4 Å². The van der Waals surface area contributed by atoms with E-state index in [9.17, 15) is 4.79 Å². The molecule has 120 valence electrons. The van der Waals surface area contributed by atoms with E-state index in [1.807, 2.05) is 6.07 Å². The average molecular weight is 378 g/mol. The molecule has 0 spiro atoms. The van der Waals surface area contributed by atoms with E-state index in [2.05, 4.69) is 15.5 Å². The fourth-order valence-electron chi connectivity index (χ4n) is 1.99. The Balaban J connectivity index is 1.69. The van der Waals surface area contributed by atoms with Crippen molar-refractivity contribution in [1.29, 1.82) is 5.26 Å². The van der Waals surface area contributed by atoms with Gasteiger partial charge in [-0.25, -0.2) is 0 Å². The zero-order valence-corrected chi connectivity index (χ0v) is 14.4. The number of benzene rings is 1. The molecule has 0 saturated carbocycles. The highest BCUT2D eigenvalue weighted by atomic mass is 35.5. The van der Waals surface area contributed by atoms with E-state index >= 15 is 0 Å². The van der Waals surface area contributed by atoms with E-state index in [4.69, 9.17) is 28.5 Å². The molecule has 0 aliphatic rings. The van der Waals surface area contributed by atoms with E-state index < -0.39 is 0 Å². The minimum Gasteiger partial charge on any atom is -0.325 e. The number of amides is 1. The summed E-state index contributed by atoms with van der Waals surface area (Å²) in [5.74, 6) is -0.0956. The normalized spacial score (nSPS) is 10.5. The number of nitriles is 1. The molecule has 2 aromatic heterocycles. The van der Waals surface area contributed by atoms with Crippen LogP contribution in [-0.2, 0) is 4.79 Å². The topological polar surface area (TPSA) is 83.1 Å². The molecule has 6 nitrogen and oxygen atoms in total. The van der Waals surface area contributed by atoms with Gasteiger partial charge in [0.25, 0.3) is 0 Å². The predicted octanol–water partition coefficient (Wildman–Crippen LogP) is 3.64. The van der Waals surface area contributed by atoms with Crippen LogP contribution in [0.25, 0.3) is 5.65 Å². The molecular formula is C15H9Cl2N5OS. The number of carbonyl (C=O) groups excluding carboxylic acids is 1. The van der Waals surface area contributed by atoms with Crippen LogP contribution < -0.4 is 5.32 Å². The van der Waals surface area contributed by atoms with Crippen LogP contribution in [0.1, 0.15) is 5.56 Å². The maximum absolute atomic E-state index is 12.1. The number of thioether (sulfide) groups is 1. The van der Waals surface area contributed by atoms with Gasteiger partial charge >= 0.3 is 0 Å². The molecule has 1 aromatic carbocycles. The SMILES string of the molecule is N#Cc1cccc(NC(=O)CSc2nnc3c(Cl)cc(Cl)cn23)c1. The Morgan fingerprint density at radius 2 is 2.17 bits per heavy atom. The first kappa shape index (κ1) is 16.6. The van der Waals surface area contributed by atoms with Gasteiger partial charge in [-0.15, -0.1) is 10.2 Å². The molecule has 0 atom stereocenters. The number of hydrogen-bond donors (Lipinski definition) is 1. The fraction of sp³-hybridized carbons (Fsp3) is 0.0667. The van der Waals surface area contributed by atoms with Gasteiger partial charge in [-0.1, -0.05) is 41.0 Å².